The summed E-state index contributed by atoms with van der Waals surface area (Å²) in [5, 5.41) is 0. The monoisotopic (exact) mass is 343 g/mol. The summed E-state index contributed by atoms with van der Waals surface area (Å²) in [6.07, 6.45) is 9.15. The van der Waals surface area contributed by atoms with Gasteiger partial charge in [0.25, 0.3) is 0 Å². The normalized spacial score (nSPS) is 11.2. The quantitative estimate of drug-likeness (QED) is 0.378. The molecule has 24 heavy (non-hydrogen) atoms. The van der Waals surface area contributed by atoms with E-state index in [-0.39, 0.29) is 17.9 Å². The first-order chi connectivity index (χ1) is 11.3. The highest BCUT2D eigenvalue weighted by molar-refractivity contribution is 5.77. The summed E-state index contributed by atoms with van der Waals surface area (Å²) in [5.74, 6) is -0.381. The predicted molar refractivity (Wildman–Crippen MR) is 97.0 cm³/mol. The highest BCUT2D eigenvalue weighted by Gasteiger charge is 2.18. The third kappa shape index (κ3) is 14.3. The van der Waals surface area contributed by atoms with Gasteiger partial charge in [-0.1, -0.05) is 72.6 Å². The average molecular weight is 344 g/mol. The molecule has 0 heterocycles. The molecule has 0 aromatic heterocycles. The van der Waals surface area contributed by atoms with Gasteiger partial charge in [0.2, 0.25) is 0 Å². The van der Waals surface area contributed by atoms with Gasteiger partial charge in [-0.25, -0.2) is 4.79 Å². The topological polar surface area (TPSA) is 55.8 Å². The zero-order valence-electron chi connectivity index (χ0n) is 16.4. The molecule has 0 unspecified atom stereocenters. The number of carbonyl (C=O) groups is 2. The maximum Gasteiger partial charge on any atom is 0.410 e. The third-order valence-electron chi connectivity index (χ3n) is 3.57. The van der Waals surface area contributed by atoms with Crippen LogP contribution in [0.25, 0.3) is 0 Å². The van der Waals surface area contributed by atoms with Gasteiger partial charge in [0.05, 0.1) is 13.2 Å². The lowest BCUT2D eigenvalue weighted by Gasteiger charge is -2.21. The Morgan fingerprint density at radius 3 is 1.96 bits per heavy atom. The number of carbonyl (C=O) groups excluding carboxylic acids is 2. The molecule has 0 aromatic carbocycles. The van der Waals surface area contributed by atoms with Crippen LogP contribution in [0.4, 0.5) is 4.79 Å². The molecule has 0 saturated heterocycles. The van der Waals surface area contributed by atoms with Crippen molar-refractivity contribution >= 4 is 12.1 Å². The van der Waals surface area contributed by atoms with E-state index in [9.17, 15) is 9.59 Å². The summed E-state index contributed by atoms with van der Waals surface area (Å²) >= 11 is 0. The zero-order chi connectivity index (χ0) is 18.4. The fourth-order valence-electron chi connectivity index (χ4n) is 2.11. The van der Waals surface area contributed by atoms with E-state index in [4.69, 9.17) is 9.47 Å². The molecule has 142 valence electrons. The second-order valence-corrected chi connectivity index (χ2v) is 7.67. The molecule has 5 heteroatoms. The number of hydrogen-bond acceptors (Lipinski definition) is 4. The Balaban J connectivity index is 3.62. The molecule has 5 nitrogen and oxygen atoms in total. The summed E-state index contributed by atoms with van der Waals surface area (Å²) in [6.45, 7) is 8.85. The summed E-state index contributed by atoms with van der Waals surface area (Å²) in [7, 11) is 1.54. The maximum atomic E-state index is 11.7. The number of ether oxygens (including phenoxy) is 2. The molecule has 0 spiro atoms. The van der Waals surface area contributed by atoms with Crippen molar-refractivity contribution in [3.05, 3.63) is 0 Å². The fourth-order valence-corrected chi connectivity index (χ4v) is 2.11. The number of nitrogens with zero attached hydrogens (tertiary/aromatic N) is 1. The van der Waals surface area contributed by atoms with Crippen LogP contribution in [-0.4, -0.2) is 43.8 Å². The van der Waals surface area contributed by atoms with E-state index in [1.165, 1.54) is 43.4 Å². The third-order valence-corrected chi connectivity index (χ3v) is 3.57. The van der Waals surface area contributed by atoms with Gasteiger partial charge in [0, 0.05) is 7.05 Å². The van der Waals surface area contributed by atoms with Crippen LogP contribution in [0.5, 0.6) is 0 Å². The molecular weight excluding hydrogens is 306 g/mol. The SMILES string of the molecule is CCCCCCCCCCOC(=O)CN(C)C(=O)OCC(C)(C)C. The minimum absolute atomic E-state index is 0.0695. The van der Waals surface area contributed by atoms with Gasteiger partial charge in [-0.15, -0.1) is 0 Å². The Bertz CT molecular complexity index is 350. The Morgan fingerprint density at radius 2 is 1.42 bits per heavy atom. The van der Waals surface area contributed by atoms with Crippen molar-refractivity contribution in [3.8, 4) is 0 Å². The Labute approximate surface area is 148 Å². The van der Waals surface area contributed by atoms with E-state index < -0.39 is 6.09 Å². The van der Waals surface area contributed by atoms with Crippen LogP contribution in [0.3, 0.4) is 0 Å². The molecule has 0 saturated carbocycles. The summed E-state index contributed by atoms with van der Waals surface area (Å²) in [4.78, 5) is 24.7. The van der Waals surface area contributed by atoms with Gasteiger partial charge in [-0.05, 0) is 11.8 Å². The molecule has 0 bridgehead atoms. The molecule has 0 radical (unpaired) electrons. The van der Waals surface area contributed by atoms with Crippen molar-refractivity contribution in [2.75, 3.05) is 26.8 Å². The van der Waals surface area contributed by atoms with E-state index in [0.29, 0.717) is 13.2 Å². The van der Waals surface area contributed by atoms with Gasteiger partial charge >= 0.3 is 12.1 Å². The molecular formula is C19H37NO4. The van der Waals surface area contributed by atoms with Crippen LogP contribution in [0.15, 0.2) is 0 Å². The Morgan fingerprint density at radius 1 is 0.875 bits per heavy atom. The van der Waals surface area contributed by atoms with Crippen molar-refractivity contribution in [3.63, 3.8) is 0 Å². The fraction of sp³-hybridized carbons (Fsp3) is 0.895. The minimum Gasteiger partial charge on any atom is -0.464 e. The number of hydrogen-bond donors (Lipinski definition) is 0. The van der Waals surface area contributed by atoms with Crippen molar-refractivity contribution in [2.45, 2.75) is 79.1 Å². The van der Waals surface area contributed by atoms with Crippen molar-refractivity contribution in [1.29, 1.82) is 0 Å². The molecule has 0 aromatic rings. The molecule has 0 aliphatic carbocycles. The number of unbranched alkanes of at least 4 members (excludes halogenated alkanes) is 7. The van der Waals surface area contributed by atoms with E-state index in [1.54, 1.807) is 7.05 Å². The summed E-state index contributed by atoms with van der Waals surface area (Å²) in [6, 6.07) is 0. The zero-order valence-corrected chi connectivity index (χ0v) is 16.4. The van der Waals surface area contributed by atoms with Gasteiger partial charge in [0.1, 0.15) is 6.54 Å². The first kappa shape index (κ1) is 22.7. The molecule has 0 aliphatic heterocycles. The van der Waals surface area contributed by atoms with Crippen LogP contribution in [0, 0.1) is 5.41 Å². The molecule has 0 N–H and O–H groups in total. The summed E-state index contributed by atoms with van der Waals surface area (Å²) in [5.41, 5.74) is -0.0897. The second-order valence-electron chi connectivity index (χ2n) is 7.67. The van der Waals surface area contributed by atoms with Crippen LogP contribution >= 0.6 is 0 Å². The first-order valence-corrected chi connectivity index (χ1v) is 9.30. The van der Waals surface area contributed by atoms with E-state index in [1.807, 2.05) is 20.8 Å². The molecule has 1 amide bonds. The van der Waals surface area contributed by atoms with E-state index >= 15 is 0 Å². The van der Waals surface area contributed by atoms with Gasteiger partial charge in [-0.3, -0.25) is 4.79 Å². The van der Waals surface area contributed by atoms with Gasteiger partial charge in [0.15, 0.2) is 0 Å². The summed E-state index contributed by atoms with van der Waals surface area (Å²) < 4.78 is 10.3. The van der Waals surface area contributed by atoms with Crippen molar-refractivity contribution in [1.82, 2.24) is 4.90 Å². The van der Waals surface area contributed by atoms with Crippen molar-refractivity contribution < 1.29 is 19.1 Å². The number of likely N-dealkylation sites (N-methyl/N-ethyl adjacent to an activating group) is 1. The Kier molecular flexibility index (Phi) is 12.4. The lowest BCUT2D eigenvalue weighted by molar-refractivity contribution is -0.144. The van der Waals surface area contributed by atoms with E-state index in [0.717, 1.165) is 12.8 Å². The molecule has 0 atom stereocenters. The largest absolute Gasteiger partial charge is 0.464 e. The van der Waals surface area contributed by atoms with Gasteiger partial charge in [-0.2, -0.15) is 0 Å². The molecule has 0 rings (SSSR count). The first-order valence-electron chi connectivity index (χ1n) is 9.30. The highest BCUT2D eigenvalue weighted by Crippen LogP contribution is 2.13. The van der Waals surface area contributed by atoms with Gasteiger partial charge < -0.3 is 14.4 Å². The molecule has 0 fully saturated rings. The average Bonchev–Trinajstić information content (AvgIpc) is 2.50. The van der Waals surface area contributed by atoms with E-state index in [2.05, 4.69) is 6.92 Å². The second kappa shape index (κ2) is 13.1. The van der Waals surface area contributed by atoms with Crippen LogP contribution in [0.1, 0.15) is 79.1 Å². The number of amides is 1. The highest BCUT2D eigenvalue weighted by atomic mass is 16.6. The lowest BCUT2D eigenvalue weighted by Crippen LogP contribution is -2.35. The number of rotatable bonds is 12. The van der Waals surface area contributed by atoms with Crippen LogP contribution in [-0.2, 0) is 14.3 Å². The number of esters is 1. The Hall–Kier alpha value is -1.26. The minimum atomic E-state index is -0.492. The predicted octanol–water partition coefficient (Wildman–Crippen LogP) is 4.78. The maximum absolute atomic E-state index is 11.7. The molecule has 0 aliphatic rings. The lowest BCUT2D eigenvalue weighted by atomic mass is 9.99. The van der Waals surface area contributed by atoms with Crippen molar-refractivity contribution in [2.24, 2.45) is 5.41 Å². The standard InChI is InChI=1S/C19H37NO4/c1-6-7-8-9-10-11-12-13-14-23-17(21)15-20(5)18(22)24-16-19(2,3)4/h6-16H2,1-5H3. The smallest absolute Gasteiger partial charge is 0.410 e. The van der Waals surface area contributed by atoms with Crippen LogP contribution in [0.2, 0.25) is 0 Å². The van der Waals surface area contributed by atoms with Crippen LogP contribution < -0.4 is 0 Å².